The van der Waals surface area contributed by atoms with Gasteiger partial charge >= 0.3 is 0 Å². The minimum absolute atomic E-state index is 0.166. The zero-order valence-electron chi connectivity index (χ0n) is 10.2. The van der Waals surface area contributed by atoms with Gasteiger partial charge in [0.1, 0.15) is 0 Å². The highest BCUT2D eigenvalue weighted by Gasteiger charge is 2.01. The number of rotatable bonds is 5. The molecule has 0 fully saturated rings. The molecule has 0 heterocycles. The minimum atomic E-state index is -0.166. The van der Waals surface area contributed by atoms with Gasteiger partial charge in [0.2, 0.25) is 5.91 Å². The molecule has 0 aliphatic heterocycles. The minimum Gasteiger partial charge on any atom is -0.381 e. The van der Waals surface area contributed by atoms with Crippen molar-refractivity contribution in [1.29, 1.82) is 0 Å². The third-order valence-electron chi connectivity index (χ3n) is 2.02. The van der Waals surface area contributed by atoms with E-state index >= 15 is 0 Å². The number of benzene rings is 1. The quantitative estimate of drug-likeness (QED) is 0.428. The number of hydrazine groups is 1. The molecule has 98 valence electrons. The van der Waals surface area contributed by atoms with Gasteiger partial charge < -0.3 is 10.1 Å². The average Bonchev–Trinajstić information content (AvgIpc) is 2.38. The first-order chi connectivity index (χ1) is 8.72. The largest absolute Gasteiger partial charge is 0.381 e. The van der Waals surface area contributed by atoms with Crippen LogP contribution in [0, 0.1) is 0 Å². The fourth-order valence-electron chi connectivity index (χ4n) is 1.18. The second kappa shape index (κ2) is 8.43. The molecule has 3 N–H and O–H groups in total. The fourth-order valence-corrected chi connectivity index (χ4v) is 1.35. The Kier molecular flexibility index (Phi) is 6.75. The van der Waals surface area contributed by atoms with Crippen molar-refractivity contribution < 1.29 is 9.53 Å². The van der Waals surface area contributed by atoms with Gasteiger partial charge in [-0.3, -0.25) is 15.6 Å². The van der Waals surface area contributed by atoms with Crippen molar-refractivity contribution in [2.75, 3.05) is 18.5 Å². The zero-order chi connectivity index (χ0) is 13.2. The maximum Gasteiger partial charge on any atom is 0.240 e. The molecule has 0 saturated heterocycles. The van der Waals surface area contributed by atoms with E-state index in [-0.39, 0.29) is 5.91 Å². The molecule has 1 amide bonds. The van der Waals surface area contributed by atoms with E-state index in [1.165, 1.54) is 0 Å². The Bertz CT molecular complexity index is 384. The van der Waals surface area contributed by atoms with E-state index in [0.29, 0.717) is 24.7 Å². The van der Waals surface area contributed by atoms with Crippen molar-refractivity contribution in [3.05, 3.63) is 30.3 Å². The number of thiocarbonyl (C=S) groups is 1. The Hall–Kier alpha value is -1.66. The molecule has 1 aromatic carbocycles. The Labute approximate surface area is 112 Å². The third kappa shape index (κ3) is 6.17. The van der Waals surface area contributed by atoms with Crippen molar-refractivity contribution in [2.24, 2.45) is 0 Å². The molecule has 0 aliphatic carbocycles. The van der Waals surface area contributed by atoms with Crippen LogP contribution in [0.25, 0.3) is 0 Å². The summed E-state index contributed by atoms with van der Waals surface area (Å²) in [6.45, 7) is 2.90. The molecule has 5 nitrogen and oxygen atoms in total. The molecule has 0 aromatic heterocycles. The number of hydrogen-bond acceptors (Lipinski definition) is 3. The number of amides is 1. The third-order valence-corrected chi connectivity index (χ3v) is 2.23. The predicted octanol–water partition coefficient (Wildman–Crippen LogP) is 1.43. The summed E-state index contributed by atoms with van der Waals surface area (Å²) in [5, 5.41) is 3.28. The molecule has 1 rings (SSSR count). The maximum atomic E-state index is 11.3. The van der Waals surface area contributed by atoms with Crippen molar-refractivity contribution in [1.82, 2.24) is 10.9 Å². The van der Waals surface area contributed by atoms with Crippen LogP contribution in [-0.2, 0) is 9.53 Å². The predicted molar refractivity (Wildman–Crippen MR) is 75.1 cm³/mol. The van der Waals surface area contributed by atoms with Gasteiger partial charge in [-0.15, -0.1) is 0 Å². The van der Waals surface area contributed by atoms with E-state index < -0.39 is 0 Å². The number of para-hydroxylation sites is 1. The van der Waals surface area contributed by atoms with Crippen LogP contribution in [0.3, 0.4) is 0 Å². The Morgan fingerprint density at radius 2 is 2.00 bits per heavy atom. The number of hydrogen-bond donors (Lipinski definition) is 3. The smallest absolute Gasteiger partial charge is 0.240 e. The van der Waals surface area contributed by atoms with E-state index in [2.05, 4.69) is 16.2 Å². The molecular weight excluding hydrogens is 250 g/mol. The summed E-state index contributed by atoms with van der Waals surface area (Å²) in [7, 11) is 0. The first-order valence-corrected chi connectivity index (χ1v) is 6.12. The lowest BCUT2D eigenvalue weighted by Gasteiger charge is -2.11. The van der Waals surface area contributed by atoms with Gasteiger partial charge in [-0.2, -0.15) is 0 Å². The van der Waals surface area contributed by atoms with Crippen LogP contribution in [-0.4, -0.2) is 24.2 Å². The molecule has 1 aromatic rings. The SMILES string of the molecule is CCOCCC(=O)NNC(=S)Nc1ccccc1. The van der Waals surface area contributed by atoms with Crippen LogP contribution in [0.15, 0.2) is 30.3 Å². The first-order valence-electron chi connectivity index (χ1n) is 5.71. The molecule has 0 saturated carbocycles. The Morgan fingerprint density at radius 1 is 1.28 bits per heavy atom. The summed E-state index contributed by atoms with van der Waals surface area (Å²) < 4.78 is 5.07. The lowest BCUT2D eigenvalue weighted by Crippen LogP contribution is -2.44. The summed E-state index contributed by atoms with van der Waals surface area (Å²) >= 11 is 5.02. The van der Waals surface area contributed by atoms with E-state index in [1.807, 2.05) is 37.3 Å². The second-order valence-electron chi connectivity index (χ2n) is 3.44. The molecule has 18 heavy (non-hydrogen) atoms. The second-order valence-corrected chi connectivity index (χ2v) is 3.85. The highest BCUT2D eigenvalue weighted by molar-refractivity contribution is 7.80. The molecule has 0 aliphatic rings. The maximum absolute atomic E-state index is 11.3. The van der Waals surface area contributed by atoms with E-state index in [9.17, 15) is 4.79 Å². The van der Waals surface area contributed by atoms with Gasteiger partial charge in [0.15, 0.2) is 5.11 Å². The highest BCUT2D eigenvalue weighted by Crippen LogP contribution is 2.03. The van der Waals surface area contributed by atoms with Gasteiger partial charge in [0, 0.05) is 12.3 Å². The highest BCUT2D eigenvalue weighted by atomic mass is 32.1. The number of ether oxygens (including phenoxy) is 1. The Balaban J connectivity index is 2.19. The van der Waals surface area contributed by atoms with Crippen molar-refractivity contribution in [2.45, 2.75) is 13.3 Å². The standard InChI is InChI=1S/C12H17N3O2S/c1-2-17-9-8-11(16)14-15-12(18)13-10-6-4-3-5-7-10/h3-7H,2,8-9H2,1H3,(H,14,16)(H2,13,15,18). The van der Waals surface area contributed by atoms with Gasteiger partial charge in [-0.05, 0) is 31.3 Å². The monoisotopic (exact) mass is 267 g/mol. The number of carbonyl (C=O) groups excluding carboxylic acids is 1. The molecule has 0 spiro atoms. The van der Waals surface area contributed by atoms with E-state index in [1.54, 1.807) is 0 Å². The normalized spacial score (nSPS) is 9.61. The van der Waals surface area contributed by atoms with Crippen molar-refractivity contribution in [3.8, 4) is 0 Å². The van der Waals surface area contributed by atoms with Gasteiger partial charge in [0.25, 0.3) is 0 Å². The number of carbonyl (C=O) groups is 1. The summed E-state index contributed by atoms with van der Waals surface area (Å²) in [6.07, 6.45) is 0.300. The molecule has 0 unspecified atom stereocenters. The van der Waals surface area contributed by atoms with Crippen LogP contribution in [0.1, 0.15) is 13.3 Å². The average molecular weight is 267 g/mol. The lowest BCUT2D eigenvalue weighted by atomic mass is 10.3. The summed E-state index contributed by atoms with van der Waals surface area (Å²) in [5.41, 5.74) is 5.97. The molecule has 0 atom stereocenters. The summed E-state index contributed by atoms with van der Waals surface area (Å²) in [4.78, 5) is 11.3. The molecule has 0 radical (unpaired) electrons. The van der Waals surface area contributed by atoms with Crippen LogP contribution >= 0.6 is 12.2 Å². The van der Waals surface area contributed by atoms with Gasteiger partial charge in [-0.1, -0.05) is 18.2 Å². The topological polar surface area (TPSA) is 62.4 Å². The van der Waals surface area contributed by atoms with Crippen LogP contribution in [0.5, 0.6) is 0 Å². The van der Waals surface area contributed by atoms with E-state index in [4.69, 9.17) is 17.0 Å². The molecule has 6 heteroatoms. The van der Waals surface area contributed by atoms with Crippen molar-refractivity contribution >= 4 is 28.9 Å². The van der Waals surface area contributed by atoms with Crippen LogP contribution in [0.4, 0.5) is 5.69 Å². The molecule has 0 bridgehead atoms. The Morgan fingerprint density at radius 3 is 2.67 bits per heavy atom. The number of nitrogens with one attached hydrogen (secondary N) is 3. The van der Waals surface area contributed by atoms with Crippen LogP contribution in [0.2, 0.25) is 0 Å². The summed E-state index contributed by atoms with van der Waals surface area (Å²) in [5.74, 6) is -0.166. The lowest BCUT2D eigenvalue weighted by molar-refractivity contribution is -0.122. The van der Waals surface area contributed by atoms with Crippen LogP contribution < -0.4 is 16.2 Å². The van der Waals surface area contributed by atoms with Crippen molar-refractivity contribution in [3.63, 3.8) is 0 Å². The number of anilines is 1. The van der Waals surface area contributed by atoms with E-state index in [0.717, 1.165) is 5.69 Å². The van der Waals surface area contributed by atoms with Gasteiger partial charge in [0.05, 0.1) is 13.0 Å². The zero-order valence-corrected chi connectivity index (χ0v) is 11.0. The first kappa shape index (κ1) is 14.4. The summed E-state index contributed by atoms with van der Waals surface area (Å²) in [6, 6.07) is 9.46. The fraction of sp³-hybridized carbons (Fsp3) is 0.333. The van der Waals surface area contributed by atoms with Gasteiger partial charge in [-0.25, -0.2) is 0 Å². The molecular formula is C12H17N3O2S.